The summed E-state index contributed by atoms with van der Waals surface area (Å²) >= 11 is 0. The van der Waals surface area contributed by atoms with E-state index in [4.69, 9.17) is 28.4 Å². The molecule has 6 bridgehead atoms. The van der Waals surface area contributed by atoms with E-state index in [1.54, 1.807) is 21.3 Å². The second-order valence-electron chi connectivity index (χ2n) is 9.33. The lowest BCUT2D eigenvalue weighted by Crippen LogP contribution is -2.07. The van der Waals surface area contributed by atoms with Crippen LogP contribution >= 0.6 is 0 Å². The second kappa shape index (κ2) is 11.8. The summed E-state index contributed by atoms with van der Waals surface area (Å²) in [5.74, 6) is 2.39. The Kier molecular flexibility index (Phi) is 8.52. The molecule has 4 rings (SSSR count). The average molecular weight is 493 g/mol. The van der Waals surface area contributed by atoms with Gasteiger partial charge in [0.05, 0.1) is 61.0 Å². The molecule has 0 unspecified atom stereocenters. The molecule has 3 aromatic rings. The van der Waals surface area contributed by atoms with Gasteiger partial charge in [-0.3, -0.25) is 0 Å². The quantitative estimate of drug-likeness (QED) is 0.440. The predicted octanol–water partition coefficient (Wildman–Crippen LogP) is 6.10. The highest BCUT2D eigenvalue weighted by Gasteiger charge is 2.17. The maximum absolute atomic E-state index is 6.17. The summed E-state index contributed by atoms with van der Waals surface area (Å²) in [6.07, 6.45) is 0. The monoisotopic (exact) mass is 492 g/mol. The first-order valence-corrected chi connectivity index (χ1v) is 12.2. The molecule has 0 aromatic heterocycles. The number of ether oxygens (including phenoxy) is 6. The van der Waals surface area contributed by atoms with Crippen LogP contribution in [0.2, 0.25) is 0 Å². The van der Waals surface area contributed by atoms with Crippen molar-refractivity contribution in [2.45, 2.75) is 60.4 Å². The van der Waals surface area contributed by atoms with Crippen molar-refractivity contribution in [3.63, 3.8) is 0 Å². The number of rotatable bonds is 3. The summed E-state index contributed by atoms with van der Waals surface area (Å²) in [6, 6.07) is 12.6. The van der Waals surface area contributed by atoms with Gasteiger partial charge in [0.1, 0.15) is 17.2 Å². The Labute approximate surface area is 214 Å². The van der Waals surface area contributed by atoms with Gasteiger partial charge in [0, 0.05) is 33.4 Å². The number of methoxy groups -OCH3 is 3. The Balaban J connectivity index is 1.77. The molecule has 3 aromatic carbocycles. The van der Waals surface area contributed by atoms with Crippen molar-refractivity contribution in [1.82, 2.24) is 0 Å². The molecule has 0 saturated carbocycles. The van der Waals surface area contributed by atoms with Gasteiger partial charge in [-0.05, 0) is 20.8 Å². The van der Waals surface area contributed by atoms with E-state index in [1.807, 2.05) is 0 Å². The van der Waals surface area contributed by atoms with Gasteiger partial charge in [0.15, 0.2) is 0 Å². The Morgan fingerprint density at radius 1 is 0.417 bits per heavy atom. The number of hydrogen-bond donors (Lipinski definition) is 0. The molecule has 0 radical (unpaired) electrons. The lowest BCUT2D eigenvalue weighted by Gasteiger charge is -2.19. The van der Waals surface area contributed by atoms with E-state index in [2.05, 4.69) is 57.2 Å². The van der Waals surface area contributed by atoms with Crippen LogP contribution in [-0.2, 0) is 53.9 Å². The van der Waals surface area contributed by atoms with Gasteiger partial charge in [-0.1, -0.05) is 53.1 Å². The zero-order chi connectivity index (χ0) is 25.7. The lowest BCUT2D eigenvalue weighted by atomic mass is 10.0. The minimum Gasteiger partial charge on any atom is -0.496 e. The fourth-order valence-electron chi connectivity index (χ4n) is 5.03. The number of benzene rings is 3. The van der Waals surface area contributed by atoms with Crippen LogP contribution in [-0.4, -0.2) is 21.3 Å². The van der Waals surface area contributed by atoms with Crippen LogP contribution in [0.5, 0.6) is 17.2 Å². The largest absolute Gasteiger partial charge is 0.496 e. The summed E-state index contributed by atoms with van der Waals surface area (Å²) in [6.45, 7) is 8.70. The summed E-state index contributed by atoms with van der Waals surface area (Å²) < 4.78 is 35.9. The Morgan fingerprint density at radius 2 is 0.611 bits per heavy atom. The summed E-state index contributed by atoms with van der Waals surface area (Å²) in [5, 5.41) is 0. The zero-order valence-corrected chi connectivity index (χ0v) is 22.2. The molecular weight excluding hydrogens is 456 g/mol. The maximum Gasteiger partial charge on any atom is 0.129 e. The fourth-order valence-corrected chi connectivity index (χ4v) is 5.03. The van der Waals surface area contributed by atoms with Crippen molar-refractivity contribution >= 4 is 0 Å². The number of hydrogen-bond acceptors (Lipinski definition) is 6. The normalized spacial score (nSPS) is 14.5. The van der Waals surface area contributed by atoms with E-state index in [-0.39, 0.29) is 0 Å². The van der Waals surface area contributed by atoms with Crippen molar-refractivity contribution < 1.29 is 28.4 Å². The van der Waals surface area contributed by atoms with Crippen LogP contribution in [0.15, 0.2) is 36.4 Å². The molecule has 6 heteroatoms. The minimum absolute atomic E-state index is 0.413. The number of fused-ring (bicyclic) bond motifs is 6. The van der Waals surface area contributed by atoms with Crippen LogP contribution in [0.25, 0.3) is 0 Å². The first-order chi connectivity index (χ1) is 17.4. The van der Waals surface area contributed by atoms with Crippen LogP contribution in [0.4, 0.5) is 0 Å². The van der Waals surface area contributed by atoms with E-state index in [0.717, 1.165) is 67.3 Å². The Bertz CT molecular complexity index is 990. The number of aryl methyl sites for hydroxylation is 3. The highest BCUT2D eigenvalue weighted by Crippen LogP contribution is 2.33. The molecule has 0 spiro atoms. The third-order valence-corrected chi connectivity index (χ3v) is 6.32. The first-order valence-electron chi connectivity index (χ1n) is 12.2. The second-order valence-corrected chi connectivity index (χ2v) is 9.33. The smallest absolute Gasteiger partial charge is 0.129 e. The van der Waals surface area contributed by atoms with E-state index < -0.39 is 0 Å². The molecule has 0 fully saturated rings. The molecule has 0 atom stereocenters. The van der Waals surface area contributed by atoms with E-state index in [0.29, 0.717) is 39.6 Å². The molecule has 192 valence electrons. The summed E-state index contributed by atoms with van der Waals surface area (Å²) in [5.41, 5.74) is 9.32. The summed E-state index contributed by atoms with van der Waals surface area (Å²) in [4.78, 5) is 0. The Hall–Kier alpha value is -3.06. The highest BCUT2D eigenvalue weighted by atomic mass is 16.5. The van der Waals surface area contributed by atoms with Gasteiger partial charge in [-0.2, -0.15) is 0 Å². The topological polar surface area (TPSA) is 55.4 Å². The Morgan fingerprint density at radius 3 is 0.778 bits per heavy atom. The van der Waals surface area contributed by atoms with E-state index in [9.17, 15) is 0 Å². The van der Waals surface area contributed by atoms with Gasteiger partial charge in [0.2, 0.25) is 0 Å². The SMILES string of the molecule is COc1c2cc(C)cc1COCc1cc(C)cc(c1OC)COCc1cc(C)cc(c1OC)COC2. The van der Waals surface area contributed by atoms with Gasteiger partial charge in [0.25, 0.3) is 0 Å². The van der Waals surface area contributed by atoms with Crippen molar-refractivity contribution in [1.29, 1.82) is 0 Å². The molecule has 0 aliphatic carbocycles. The van der Waals surface area contributed by atoms with Crippen LogP contribution in [0.3, 0.4) is 0 Å². The molecule has 1 aliphatic rings. The van der Waals surface area contributed by atoms with Crippen molar-refractivity contribution in [2.24, 2.45) is 0 Å². The molecule has 1 aliphatic heterocycles. The third-order valence-electron chi connectivity index (χ3n) is 6.32. The predicted molar refractivity (Wildman–Crippen MR) is 139 cm³/mol. The van der Waals surface area contributed by atoms with E-state index in [1.165, 1.54) is 0 Å². The lowest BCUT2D eigenvalue weighted by molar-refractivity contribution is 0.0926. The van der Waals surface area contributed by atoms with Gasteiger partial charge < -0.3 is 28.4 Å². The summed E-state index contributed by atoms with van der Waals surface area (Å²) in [7, 11) is 5.07. The zero-order valence-electron chi connectivity index (χ0n) is 22.2. The third kappa shape index (κ3) is 5.84. The molecule has 0 saturated heterocycles. The van der Waals surface area contributed by atoms with Crippen LogP contribution in [0.1, 0.15) is 50.1 Å². The van der Waals surface area contributed by atoms with Crippen molar-refractivity contribution in [3.05, 3.63) is 86.5 Å². The van der Waals surface area contributed by atoms with Gasteiger partial charge in [-0.25, -0.2) is 0 Å². The average Bonchev–Trinajstić information content (AvgIpc) is 2.83. The van der Waals surface area contributed by atoms with Crippen molar-refractivity contribution in [3.8, 4) is 17.2 Å². The highest BCUT2D eigenvalue weighted by molar-refractivity contribution is 5.46. The maximum atomic E-state index is 6.17. The van der Waals surface area contributed by atoms with Crippen LogP contribution < -0.4 is 14.2 Å². The first kappa shape index (κ1) is 26.0. The standard InChI is InChI=1S/C30H36O6/c1-19-7-22-13-34-15-24-9-20(2)11-26(29(24)32-5)17-36-18-27-12-21(3)10-25(30(27)33-6)16-35-14-23(8-19)28(22)31-4/h7-12H,13-18H2,1-6H3. The molecule has 6 nitrogen and oxygen atoms in total. The molecule has 0 amide bonds. The van der Waals surface area contributed by atoms with E-state index >= 15 is 0 Å². The van der Waals surface area contributed by atoms with Gasteiger partial charge >= 0.3 is 0 Å². The molecule has 0 N–H and O–H groups in total. The molecular formula is C30H36O6. The molecule has 1 heterocycles. The van der Waals surface area contributed by atoms with Crippen molar-refractivity contribution in [2.75, 3.05) is 21.3 Å². The van der Waals surface area contributed by atoms with Crippen LogP contribution in [0, 0.1) is 20.8 Å². The minimum atomic E-state index is 0.413. The fraction of sp³-hybridized carbons (Fsp3) is 0.400. The van der Waals surface area contributed by atoms with Gasteiger partial charge in [-0.15, -0.1) is 0 Å². The molecule has 36 heavy (non-hydrogen) atoms.